The maximum absolute atomic E-state index is 11.6. The number of benzene rings is 1. The zero-order valence-corrected chi connectivity index (χ0v) is 13.3. The average molecular weight is 301 g/mol. The first-order chi connectivity index (χ1) is 10.5. The van der Waals surface area contributed by atoms with Crippen molar-refractivity contribution in [2.75, 3.05) is 6.61 Å². The minimum Gasteiger partial charge on any atom is -0.493 e. The first kappa shape index (κ1) is 16.2. The highest BCUT2D eigenvalue weighted by molar-refractivity contribution is 5.28. The predicted octanol–water partition coefficient (Wildman–Crippen LogP) is 2.53. The Morgan fingerprint density at radius 2 is 1.91 bits per heavy atom. The zero-order chi connectivity index (χ0) is 16.1. The van der Waals surface area contributed by atoms with Gasteiger partial charge in [-0.05, 0) is 30.5 Å². The van der Waals surface area contributed by atoms with Crippen molar-refractivity contribution in [3.8, 4) is 5.75 Å². The summed E-state index contributed by atoms with van der Waals surface area (Å²) < 4.78 is 5.69. The molecule has 0 amide bonds. The SMILES string of the molecule is CC(C)c1ccc(OCCc2nc(C(C)N)cc(=O)[nH]2)cc1. The van der Waals surface area contributed by atoms with Crippen molar-refractivity contribution in [3.63, 3.8) is 0 Å². The van der Waals surface area contributed by atoms with Crippen LogP contribution in [0.3, 0.4) is 0 Å². The van der Waals surface area contributed by atoms with E-state index in [9.17, 15) is 4.79 Å². The summed E-state index contributed by atoms with van der Waals surface area (Å²) >= 11 is 0. The van der Waals surface area contributed by atoms with Gasteiger partial charge in [0.1, 0.15) is 11.6 Å². The van der Waals surface area contributed by atoms with E-state index in [1.807, 2.05) is 12.1 Å². The monoisotopic (exact) mass is 301 g/mol. The third-order valence-electron chi connectivity index (χ3n) is 3.43. The van der Waals surface area contributed by atoms with Crippen LogP contribution in [0.2, 0.25) is 0 Å². The van der Waals surface area contributed by atoms with Gasteiger partial charge in [-0.15, -0.1) is 0 Å². The van der Waals surface area contributed by atoms with E-state index in [0.29, 0.717) is 30.5 Å². The minimum atomic E-state index is -0.259. The summed E-state index contributed by atoms with van der Waals surface area (Å²) in [6.07, 6.45) is 0.529. The second kappa shape index (κ2) is 7.22. The summed E-state index contributed by atoms with van der Waals surface area (Å²) in [5, 5.41) is 0. The molecule has 0 bridgehead atoms. The molecule has 1 aromatic heterocycles. The molecule has 0 aliphatic rings. The fourth-order valence-electron chi connectivity index (χ4n) is 2.09. The number of ether oxygens (including phenoxy) is 1. The normalized spacial score (nSPS) is 12.4. The summed E-state index contributed by atoms with van der Waals surface area (Å²) in [6.45, 7) is 6.57. The number of rotatable bonds is 6. The summed E-state index contributed by atoms with van der Waals surface area (Å²) in [4.78, 5) is 18.6. The molecule has 0 fully saturated rings. The summed E-state index contributed by atoms with van der Waals surface area (Å²) in [5.74, 6) is 1.91. The number of nitrogens with zero attached hydrogens (tertiary/aromatic N) is 1. The lowest BCUT2D eigenvalue weighted by atomic mass is 10.0. The van der Waals surface area contributed by atoms with E-state index in [4.69, 9.17) is 10.5 Å². The molecule has 22 heavy (non-hydrogen) atoms. The first-order valence-electron chi connectivity index (χ1n) is 7.54. The fraction of sp³-hybridized carbons (Fsp3) is 0.412. The van der Waals surface area contributed by atoms with Gasteiger partial charge in [0.2, 0.25) is 0 Å². The molecule has 1 unspecified atom stereocenters. The van der Waals surface area contributed by atoms with Crippen LogP contribution in [0.25, 0.3) is 0 Å². The van der Waals surface area contributed by atoms with Gasteiger partial charge in [0.15, 0.2) is 0 Å². The van der Waals surface area contributed by atoms with Crippen molar-refractivity contribution in [2.24, 2.45) is 5.73 Å². The van der Waals surface area contributed by atoms with Gasteiger partial charge in [0.25, 0.3) is 5.56 Å². The van der Waals surface area contributed by atoms with E-state index < -0.39 is 0 Å². The molecule has 1 atom stereocenters. The van der Waals surface area contributed by atoms with E-state index in [2.05, 4.69) is 35.9 Å². The van der Waals surface area contributed by atoms with E-state index in [1.54, 1.807) is 6.92 Å². The highest BCUT2D eigenvalue weighted by atomic mass is 16.5. The third kappa shape index (κ3) is 4.43. The van der Waals surface area contributed by atoms with Crippen LogP contribution in [0.4, 0.5) is 0 Å². The third-order valence-corrected chi connectivity index (χ3v) is 3.43. The topological polar surface area (TPSA) is 81.0 Å². The molecule has 0 aliphatic heterocycles. The number of H-pyrrole nitrogens is 1. The number of hydrogen-bond acceptors (Lipinski definition) is 4. The molecule has 3 N–H and O–H groups in total. The molecule has 5 heteroatoms. The number of aromatic amines is 1. The maximum atomic E-state index is 11.6. The van der Waals surface area contributed by atoms with Crippen molar-refractivity contribution >= 4 is 0 Å². The Kier molecular flexibility index (Phi) is 5.33. The zero-order valence-electron chi connectivity index (χ0n) is 13.3. The van der Waals surface area contributed by atoms with Crippen LogP contribution in [-0.4, -0.2) is 16.6 Å². The fourth-order valence-corrected chi connectivity index (χ4v) is 2.09. The van der Waals surface area contributed by atoms with Crippen molar-refractivity contribution in [3.05, 3.63) is 57.8 Å². The van der Waals surface area contributed by atoms with Crippen LogP contribution in [-0.2, 0) is 6.42 Å². The standard InChI is InChI=1S/C17H23N3O2/c1-11(2)13-4-6-14(7-5-13)22-9-8-16-19-15(12(3)18)10-17(21)20-16/h4-7,10-12H,8-9,18H2,1-3H3,(H,19,20,21). The lowest BCUT2D eigenvalue weighted by Crippen LogP contribution is -2.18. The van der Waals surface area contributed by atoms with E-state index in [0.717, 1.165) is 5.75 Å². The smallest absolute Gasteiger partial charge is 0.251 e. The Labute approximate surface area is 130 Å². The van der Waals surface area contributed by atoms with Gasteiger partial charge in [-0.1, -0.05) is 26.0 Å². The quantitative estimate of drug-likeness (QED) is 0.859. The highest BCUT2D eigenvalue weighted by Crippen LogP contribution is 2.18. The largest absolute Gasteiger partial charge is 0.493 e. The maximum Gasteiger partial charge on any atom is 0.251 e. The van der Waals surface area contributed by atoms with Crippen molar-refractivity contribution < 1.29 is 4.74 Å². The van der Waals surface area contributed by atoms with Gasteiger partial charge in [0.05, 0.1) is 12.3 Å². The van der Waals surface area contributed by atoms with Gasteiger partial charge >= 0.3 is 0 Å². The van der Waals surface area contributed by atoms with Crippen LogP contribution in [0.1, 0.15) is 49.8 Å². The van der Waals surface area contributed by atoms with Crippen molar-refractivity contribution in [2.45, 2.75) is 39.2 Å². The van der Waals surface area contributed by atoms with Crippen LogP contribution >= 0.6 is 0 Å². The molecular formula is C17H23N3O2. The first-order valence-corrected chi connectivity index (χ1v) is 7.54. The molecule has 5 nitrogen and oxygen atoms in total. The Hall–Kier alpha value is -2.14. The molecule has 1 heterocycles. The number of nitrogens with one attached hydrogen (secondary N) is 1. The summed E-state index contributed by atoms with van der Waals surface area (Å²) in [5.41, 5.74) is 7.46. The second-order valence-corrected chi connectivity index (χ2v) is 5.73. The van der Waals surface area contributed by atoms with Gasteiger partial charge in [0, 0.05) is 18.5 Å². The molecule has 2 rings (SSSR count). The molecule has 0 saturated carbocycles. The van der Waals surface area contributed by atoms with Crippen LogP contribution in [0.15, 0.2) is 35.1 Å². The predicted molar refractivity (Wildman–Crippen MR) is 87.2 cm³/mol. The highest BCUT2D eigenvalue weighted by Gasteiger charge is 2.06. The van der Waals surface area contributed by atoms with Gasteiger partial charge in [-0.3, -0.25) is 4.79 Å². The van der Waals surface area contributed by atoms with Crippen molar-refractivity contribution in [1.82, 2.24) is 9.97 Å². The Bertz CT molecular complexity index is 660. The van der Waals surface area contributed by atoms with E-state index in [1.165, 1.54) is 11.6 Å². The Morgan fingerprint density at radius 1 is 1.23 bits per heavy atom. The van der Waals surface area contributed by atoms with Gasteiger partial charge < -0.3 is 15.5 Å². The van der Waals surface area contributed by atoms with Crippen molar-refractivity contribution in [1.29, 1.82) is 0 Å². The van der Waals surface area contributed by atoms with Crippen LogP contribution in [0.5, 0.6) is 5.75 Å². The molecule has 2 aromatic rings. The van der Waals surface area contributed by atoms with E-state index in [-0.39, 0.29) is 11.6 Å². The van der Waals surface area contributed by atoms with Gasteiger partial charge in [-0.2, -0.15) is 0 Å². The lowest BCUT2D eigenvalue weighted by Gasteiger charge is -2.10. The second-order valence-electron chi connectivity index (χ2n) is 5.73. The molecule has 0 spiro atoms. The van der Waals surface area contributed by atoms with E-state index >= 15 is 0 Å². The molecule has 0 radical (unpaired) electrons. The molecule has 0 aliphatic carbocycles. The average Bonchev–Trinajstić information content (AvgIpc) is 2.47. The Morgan fingerprint density at radius 3 is 2.50 bits per heavy atom. The summed E-state index contributed by atoms with van der Waals surface area (Å²) in [6, 6.07) is 9.23. The number of hydrogen-bond donors (Lipinski definition) is 2. The number of aromatic nitrogens is 2. The molecule has 0 saturated heterocycles. The minimum absolute atomic E-state index is 0.182. The number of nitrogens with two attached hydrogens (primary N) is 1. The molecule has 1 aromatic carbocycles. The molecule has 118 valence electrons. The van der Waals surface area contributed by atoms with Crippen LogP contribution in [0, 0.1) is 0 Å². The van der Waals surface area contributed by atoms with Crippen LogP contribution < -0.4 is 16.0 Å². The summed E-state index contributed by atoms with van der Waals surface area (Å²) in [7, 11) is 0. The molecular weight excluding hydrogens is 278 g/mol. The lowest BCUT2D eigenvalue weighted by molar-refractivity contribution is 0.318. The van der Waals surface area contributed by atoms with Gasteiger partial charge in [-0.25, -0.2) is 4.98 Å². The Balaban J connectivity index is 1.95.